The number of anilines is 1. The number of aromatic nitrogens is 2. The number of benzene rings is 3. The average Bonchev–Trinajstić information content (AvgIpc) is 2.96. The highest BCUT2D eigenvalue weighted by Gasteiger charge is 2.19. The molecule has 0 spiro atoms. The molecule has 1 aromatic heterocycles. The monoisotopic (exact) mass is 544 g/mol. The fraction of sp³-hybridized carbons (Fsp3) is 0.207. The van der Waals surface area contributed by atoms with Crippen LogP contribution >= 0.6 is 0 Å². The van der Waals surface area contributed by atoms with E-state index in [4.69, 9.17) is 9.47 Å². The lowest BCUT2D eigenvalue weighted by Gasteiger charge is -2.16. The van der Waals surface area contributed by atoms with Gasteiger partial charge in [-0.3, -0.25) is 28.3 Å². The first-order valence-corrected chi connectivity index (χ1v) is 12.3. The van der Waals surface area contributed by atoms with E-state index >= 15 is 0 Å². The summed E-state index contributed by atoms with van der Waals surface area (Å²) in [6.07, 6.45) is 0. The number of fused-ring (bicyclic) bond motifs is 1. The molecule has 0 radical (unpaired) electrons. The van der Waals surface area contributed by atoms with Crippen molar-refractivity contribution in [2.24, 2.45) is 0 Å². The van der Waals surface area contributed by atoms with E-state index in [0.29, 0.717) is 22.4 Å². The van der Waals surface area contributed by atoms with Crippen LogP contribution in [0.1, 0.15) is 33.2 Å². The van der Waals surface area contributed by atoms with Gasteiger partial charge in [0.2, 0.25) is 5.91 Å². The van der Waals surface area contributed by atoms with Crippen LogP contribution in [0.25, 0.3) is 10.9 Å². The Morgan fingerprint density at radius 1 is 0.825 bits per heavy atom. The number of ketones is 1. The van der Waals surface area contributed by atoms with Gasteiger partial charge in [-0.2, -0.15) is 0 Å². The van der Waals surface area contributed by atoms with Gasteiger partial charge < -0.3 is 20.1 Å². The Morgan fingerprint density at radius 3 is 2.00 bits per heavy atom. The van der Waals surface area contributed by atoms with Crippen molar-refractivity contribution in [1.82, 2.24) is 14.5 Å². The molecular weight excluding hydrogens is 516 g/mol. The van der Waals surface area contributed by atoms with E-state index in [1.165, 1.54) is 44.9 Å². The summed E-state index contributed by atoms with van der Waals surface area (Å²) in [6.45, 7) is 0.943. The lowest BCUT2D eigenvalue weighted by molar-refractivity contribution is -0.116. The van der Waals surface area contributed by atoms with E-state index in [1.807, 2.05) is 0 Å². The first kappa shape index (κ1) is 27.8. The molecule has 0 fully saturated rings. The van der Waals surface area contributed by atoms with Crippen LogP contribution in [0, 0.1) is 0 Å². The van der Waals surface area contributed by atoms with E-state index in [-0.39, 0.29) is 40.6 Å². The fourth-order valence-electron chi connectivity index (χ4n) is 4.26. The van der Waals surface area contributed by atoms with Crippen LogP contribution in [0.2, 0.25) is 0 Å². The molecule has 0 aliphatic carbocycles. The van der Waals surface area contributed by atoms with E-state index in [9.17, 15) is 24.0 Å². The Labute approximate surface area is 229 Å². The van der Waals surface area contributed by atoms with Gasteiger partial charge in [0.1, 0.15) is 6.54 Å². The summed E-state index contributed by atoms with van der Waals surface area (Å²) < 4.78 is 12.9. The second-order valence-electron chi connectivity index (χ2n) is 8.94. The summed E-state index contributed by atoms with van der Waals surface area (Å²) in [5.41, 5.74) is 0.886. The smallest absolute Gasteiger partial charge is 0.332 e. The number of ether oxygens (including phenoxy) is 2. The van der Waals surface area contributed by atoms with Crippen molar-refractivity contribution in [3.8, 4) is 11.5 Å². The standard InChI is InChI=1S/C29H28N4O7/c1-17(34)19-9-11-21(12-10-19)31-26(35)16-32-23-14-25(40-4)24(39-3)13-22(23)28(37)33(29(32)38)15-18-5-7-20(8-6-18)27(36)30-2/h5-14H,15-16H2,1-4H3,(H,30,36)(H,31,35). The summed E-state index contributed by atoms with van der Waals surface area (Å²) in [6, 6.07) is 15.8. The minimum Gasteiger partial charge on any atom is -0.493 e. The molecule has 0 atom stereocenters. The van der Waals surface area contributed by atoms with Gasteiger partial charge in [-0.15, -0.1) is 0 Å². The van der Waals surface area contributed by atoms with Gasteiger partial charge in [0, 0.05) is 29.9 Å². The number of carbonyl (C=O) groups excluding carboxylic acids is 3. The molecule has 2 N–H and O–H groups in total. The largest absolute Gasteiger partial charge is 0.493 e. The number of rotatable bonds is 9. The second kappa shape index (κ2) is 11.7. The van der Waals surface area contributed by atoms with E-state index < -0.39 is 23.7 Å². The molecule has 3 aromatic carbocycles. The summed E-state index contributed by atoms with van der Waals surface area (Å²) in [5, 5.41) is 5.40. The van der Waals surface area contributed by atoms with Crippen molar-refractivity contribution in [3.05, 3.63) is 98.2 Å². The zero-order valence-electron chi connectivity index (χ0n) is 22.4. The van der Waals surface area contributed by atoms with Crippen LogP contribution in [0.5, 0.6) is 11.5 Å². The van der Waals surface area contributed by atoms with Crippen LogP contribution < -0.4 is 31.4 Å². The Morgan fingerprint density at radius 2 is 1.43 bits per heavy atom. The molecule has 1 heterocycles. The van der Waals surface area contributed by atoms with Crippen LogP contribution in [0.15, 0.2) is 70.3 Å². The predicted molar refractivity (Wildman–Crippen MR) is 150 cm³/mol. The third-order valence-electron chi connectivity index (χ3n) is 6.39. The SMILES string of the molecule is CNC(=O)c1ccc(Cn2c(=O)c3cc(OC)c(OC)cc3n(CC(=O)Nc3ccc(C(C)=O)cc3)c2=O)cc1. The number of hydrogen-bond acceptors (Lipinski definition) is 7. The van der Waals surface area contributed by atoms with Gasteiger partial charge in [0.15, 0.2) is 17.3 Å². The third-order valence-corrected chi connectivity index (χ3v) is 6.39. The molecule has 0 saturated heterocycles. The molecule has 11 heteroatoms. The van der Waals surface area contributed by atoms with Crippen LogP contribution in [-0.4, -0.2) is 48.0 Å². The van der Waals surface area contributed by atoms with Gasteiger partial charge >= 0.3 is 5.69 Å². The average molecular weight is 545 g/mol. The number of Topliss-reactive ketones (excluding diaryl/α,β-unsaturated/α-hetero) is 1. The highest BCUT2D eigenvalue weighted by Crippen LogP contribution is 2.30. The lowest BCUT2D eigenvalue weighted by atomic mass is 10.1. The zero-order chi connectivity index (χ0) is 29.0. The minimum atomic E-state index is -0.706. The molecule has 4 rings (SSSR count). The molecule has 40 heavy (non-hydrogen) atoms. The van der Waals surface area contributed by atoms with Crippen LogP contribution in [0.3, 0.4) is 0 Å². The first-order chi connectivity index (χ1) is 19.2. The highest BCUT2D eigenvalue weighted by atomic mass is 16.5. The Bertz CT molecular complexity index is 1720. The third kappa shape index (κ3) is 5.63. The maximum Gasteiger partial charge on any atom is 0.332 e. The molecule has 2 amide bonds. The molecule has 4 aromatic rings. The van der Waals surface area contributed by atoms with Gasteiger partial charge in [0.25, 0.3) is 11.5 Å². The molecule has 0 unspecified atom stereocenters. The fourth-order valence-corrected chi connectivity index (χ4v) is 4.26. The van der Waals surface area contributed by atoms with Gasteiger partial charge in [-0.25, -0.2) is 4.79 Å². The molecule has 11 nitrogen and oxygen atoms in total. The van der Waals surface area contributed by atoms with E-state index in [0.717, 1.165) is 4.57 Å². The zero-order valence-corrected chi connectivity index (χ0v) is 22.4. The first-order valence-electron chi connectivity index (χ1n) is 12.3. The Hall–Kier alpha value is -5.19. The van der Waals surface area contributed by atoms with Gasteiger partial charge in [-0.05, 0) is 55.0 Å². The van der Waals surface area contributed by atoms with E-state index in [2.05, 4.69) is 10.6 Å². The van der Waals surface area contributed by atoms with Crippen molar-refractivity contribution >= 4 is 34.2 Å². The van der Waals surface area contributed by atoms with Crippen molar-refractivity contribution in [1.29, 1.82) is 0 Å². The summed E-state index contributed by atoms with van der Waals surface area (Å²) >= 11 is 0. The molecular formula is C29H28N4O7. The number of methoxy groups -OCH3 is 2. The number of carbonyl (C=O) groups is 3. The topological polar surface area (TPSA) is 138 Å². The molecule has 0 saturated carbocycles. The van der Waals surface area contributed by atoms with Crippen molar-refractivity contribution in [2.75, 3.05) is 26.6 Å². The number of nitrogens with zero attached hydrogens (tertiary/aromatic N) is 2. The van der Waals surface area contributed by atoms with Crippen LogP contribution in [0.4, 0.5) is 5.69 Å². The Balaban J connectivity index is 1.78. The maximum atomic E-state index is 13.7. The number of nitrogens with one attached hydrogen (secondary N) is 2. The lowest BCUT2D eigenvalue weighted by Crippen LogP contribution is -2.42. The van der Waals surface area contributed by atoms with Gasteiger partial charge in [0.05, 0.1) is 31.7 Å². The van der Waals surface area contributed by atoms with E-state index in [1.54, 1.807) is 48.5 Å². The van der Waals surface area contributed by atoms with Crippen molar-refractivity contribution < 1.29 is 23.9 Å². The summed E-state index contributed by atoms with van der Waals surface area (Å²) in [7, 11) is 4.37. The number of hydrogen-bond donors (Lipinski definition) is 2. The normalized spacial score (nSPS) is 10.7. The summed E-state index contributed by atoms with van der Waals surface area (Å²) in [5.74, 6) is -0.321. The van der Waals surface area contributed by atoms with Gasteiger partial charge in [-0.1, -0.05) is 12.1 Å². The minimum absolute atomic E-state index is 0.0932. The molecule has 0 aliphatic heterocycles. The summed E-state index contributed by atoms with van der Waals surface area (Å²) in [4.78, 5) is 63.6. The van der Waals surface area contributed by atoms with Crippen molar-refractivity contribution in [3.63, 3.8) is 0 Å². The van der Waals surface area contributed by atoms with Crippen molar-refractivity contribution in [2.45, 2.75) is 20.0 Å². The highest BCUT2D eigenvalue weighted by molar-refractivity contribution is 5.96. The number of amides is 2. The molecule has 0 aliphatic rings. The Kier molecular flexibility index (Phi) is 8.13. The van der Waals surface area contributed by atoms with Crippen LogP contribution in [-0.2, 0) is 17.9 Å². The second-order valence-corrected chi connectivity index (χ2v) is 8.94. The quantitative estimate of drug-likeness (QED) is 0.309. The maximum absolute atomic E-state index is 13.7. The molecule has 206 valence electrons. The predicted octanol–water partition coefficient (Wildman–Crippen LogP) is 2.43. The molecule has 0 bridgehead atoms.